The van der Waals surface area contributed by atoms with Gasteiger partial charge in [0.25, 0.3) is 0 Å². The second kappa shape index (κ2) is 8.97. The van der Waals surface area contributed by atoms with Crippen molar-refractivity contribution in [1.82, 2.24) is 14.7 Å². The minimum absolute atomic E-state index is 0.137. The Kier molecular flexibility index (Phi) is 7.27. The molecule has 0 radical (unpaired) electrons. The predicted octanol–water partition coefficient (Wildman–Crippen LogP) is 0.262. The third-order valence-corrected chi connectivity index (χ3v) is 5.42. The van der Waals surface area contributed by atoms with Crippen LogP contribution in [0.25, 0.3) is 0 Å². The lowest BCUT2D eigenvalue weighted by molar-refractivity contribution is -0.136. The summed E-state index contributed by atoms with van der Waals surface area (Å²) in [6.07, 6.45) is 3.37. The van der Waals surface area contributed by atoms with Crippen LogP contribution in [0, 0.1) is 5.41 Å². The van der Waals surface area contributed by atoms with E-state index in [1.54, 1.807) is 7.11 Å². The number of hydrogen-bond donors (Lipinski definition) is 1. The van der Waals surface area contributed by atoms with Crippen LogP contribution in [0.5, 0.6) is 0 Å². The number of rotatable bonds is 7. The Labute approximate surface area is 140 Å². The van der Waals surface area contributed by atoms with E-state index in [4.69, 9.17) is 4.74 Å². The van der Waals surface area contributed by atoms with E-state index in [-0.39, 0.29) is 17.9 Å². The lowest BCUT2D eigenvalue weighted by Gasteiger charge is -2.42. The number of likely N-dealkylation sites (N-methyl/N-ethyl adjacent to an activating group) is 1. The lowest BCUT2D eigenvalue weighted by atomic mass is 9.78. The Balaban J connectivity index is 1.79. The monoisotopic (exact) mass is 327 g/mol. The first-order valence-electron chi connectivity index (χ1n) is 8.87. The van der Waals surface area contributed by atoms with Gasteiger partial charge in [0.2, 0.25) is 5.91 Å². The normalized spacial score (nSPS) is 27.3. The Morgan fingerprint density at radius 3 is 2.61 bits per heavy atom. The zero-order valence-electron chi connectivity index (χ0n) is 14.8. The molecular weight excluding hydrogens is 294 g/mol. The molecule has 1 atom stereocenters. The maximum absolute atomic E-state index is 12.6. The van der Waals surface area contributed by atoms with Crippen LogP contribution in [-0.2, 0) is 9.53 Å². The summed E-state index contributed by atoms with van der Waals surface area (Å²) in [5, 5.41) is 9.82. The smallest absolute Gasteiger partial charge is 0.223 e. The Morgan fingerprint density at radius 1 is 1.22 bits per heavy atom. The molecule has 2 saturated heterocycles. The highest BCUT2D eigenvalue weighted by Gasteiger charge is 2.36. The average molecular weight is 327 g/mol. The fourth-order valence-electron chi connectivity index (χ4n) is 3.63. The van der Waals surface area contributed by atoms with Crippen molar-refractivity contribution in [2.75, 3.05) is 73.2 Å². The fourth-order valence-corrected chi connectivity index (χ4v) is 3.63. The average Bonchev–Trinajstić information content (AvgIpc) is 2.59. The Hall–Kier alpha value is -0.690. The van der Waals surface area contributed by atoms with Gasteiger partial charge in [0.15, 0.2) is 0 Å². The molecule has 0 aromatic carbocycles. The first-order valence-corrected chi connectivity index (χ1v) is 8.87. The van der Waals surface area contributed by atoms with E-state index in [2.05, 4.69) is 16.8 Å². The molecule has 0 aliphatic carbocycles. The van der Waals surface area contributed by atoms with Crippen LogP contribution < -0.4 is 0 Å². The van der Waals surface area contributed by atoms with Crippen LogP contribution in [0.1, 0.15) is 25.7 Å². The number of nitrogens with zero attached hydrogens (tertiary/aromatic N) is 3. The Morgan fingerprint density at radius 2 is 1.96 bits per heavy atom. The predicted molar refractivity (Wildman–Crippen MR) is 90.4 cm³/mol. The third kappa shape index (κ3) is 5.41. The van der Waals surface area contributed by atoms with E-state index < -0.39 is 0 Å². The van der Waals surface area contributed by atoms with Crippen molar-refractivity contribution >= 4 is 5.91 Å². The van der Waals surface area contributed by atoms with E-state index >= 15 is 0 Å². The number of methoxy groups -OCH3 is 1. The van der Waals surface area contributed by atoms with Gasteiger partial charge in [-0.3, -0.25) is 4.79 Å². The molecule has 2 fully saturated rings. The van der Waals surface area contributed by atoms with E-state index in [0.29, 0.717) is 19.6 Å². The second-order valence-electron chi connectivity index (χ2n) is 7.21. The Bertz CT molecular complexity index is 372. The molecule has 0 aromatic rings. The van der Waals surface area contributed by atoms with Crippen molar-refractivity contribution in [3.8, 4) is 0 Å². The van der Waals surface area contributed by atoms with Gasteiger partial charge in [-0.1, -0.05) is 0 Å². The number of aliphatic hydroxyl groups is 1. The van der Waals surface area contributed by atoms with Gasteiger partial charge in [-0.25, -0.2) is 0 Å². The van der Waals surface area contributed by atoms with Crippen molar-refractivity contribution in [3.05, 3.63) is 0 Å². The highest BCUT2D eigenvalue weighted by atomic mass is 16.5. The molecule has 6 heteroatoms. The van der Waals surface area contributed by atoms with Crippen LogP contribution in [0.2, 0.25) is 0 Å². The molecule has 6 nitrogen and oxygen atoms in total. The summed E-state index contributed by atoms with van der Waals surface area (Å²) in [6.45, 7) is 7.42. The molecule has 2 aliphatic heterocycles. The highest BCUT2D eigenvalue weighted by molar-refractivity contribution is 5.76. The van der Waals surface area contributed by atoms with Crippen molar-refractivity contribution in [2.24, 2.45) is 5.41 Å². The summed E-state index contributed by atoms with van der Waals surface area (Å²) in [4.78, 5) is 19.2. The van der Waals surface area contributed by atoms with Gasteiger partial charge < -0.3 is 24.5 Å². The molecule has 134 valence electrons. The van der Waals surface area contributed by atoms with Gasteiger partial charge >= 0.3 is 0 Å². The summed E-state index contributed by atoms with van der Waals surface area (Å²) in [5.74, 6) is 0.235. The SMILES string of the molecule is COCC[C@@]1(CO)CCCN(C(=O)CCN2CCN(C)CC2)C1. The number of piperazine rings is 1. The molecule has 2 heterocycles. The molecule has 2 aliphatic rings. The molecular formula is C17H33N3O3. The standard InChI is InChI=1S/C17H33N3O3/c1-18-9-11-19(12-10-18)8-4-16(22)20-7-3-5-17(14-20,15-21)6-13-23-2/h21H,3-15H2,1-2H3/t17-/m0/s1. The van der Waals surface area contributed by atoms with Crippen LogP contribution in [0.15, 0.2) is 0 Å². The molecule has 23 heavy (non-hydrogen) atoms. The summed E-state index contributed by atoms with van der Waals surface area (Å²) in [7, 11) is 3.83. The highest BCUT2D eigenvalue weighted by Crippen LogP contribution is 2.33. The minimum Gasteiger partial charge on any atom is -0.396 e. The lowest BCUT2D eigenvalue weighted by Crippen LogP contribution is -2.49. The molecule has 0 aromatic heterocycles. The van der Waals surface area contributed by atoms with Crippen LogP contribution in [0.4, 0.5) is 0 Å². The van der Waals surface area contributed by atoms with Gasteiger partial charge in [-0.05, 0) is 26.3 Å². The number of carbonyl (C=O) groups is 1. The van der Waals surface area contributed by atoms with Gasteiger partial charge in [-0.15, -0.1) is 0 Å². The minimum atomic E-state index is -0.169. The van der Waals surface area contributed by atoms with E-state index in [1.807, 2.05) is 4.90 Å². The van der Waals surface area contributed by atoms with Crippen molar-refractivity contribution < 1.29 is 14.6 Å². The zero-order valence-corrected chi connectivity index (χ0v) is 14.8. The first kappa shape index (κ1) is 18.6. The number of ether oxygens (including phenoxy) is 1. The molecule has 0 bridgehead atoms. The van der Waals surface area contributed by atoms with E-state index in [0.717, 1.165) is 58.5 Å². The van der Waals surface area contributed by atoms with Gasteiger partial charge in [0, 0.05) is 71.4 Å². The maximum Gasteiger partial charge on any atom is 0.223 e. The fraction of sp³-hybridized carbons (Fsp3) is 0.941. The topological polar surface area (TPSA) is 56.3 Å². The van der Waals surface area contributed by atoms with Crippen LogP contribution in [-0.4, -0.2) is 98.9 Å². The molecule has 1 amide bonds. The quantitative estimate of drug-likeness (QED) is 0.727. The number of likely N-dealkylation sites (tertiary alicyclic amines) is 1. The second-order valence-corrected chi connectivity index (χ2v) is 7.21. The van der Waals surface area contributed by atoms with Crippen molar-refractivity contribution in [3.63, 3.8) is 0 Å². The summed E-state index contributed by atoms with van der Waals surface area (Å²) < 4.78 is 5.18. The van der Waals surface area contributed by atoms with Gasteiger partial charge in [0.1, 0.15) is 0 Å². The zero-order chi connectivity index (χ0) is 16.7. The number of carbonyl (C=O) groups excluding carboxylic acids is 1. The summed E-state index contributed by atoms with van der Waals surface area (Å²) in [6, 6.07) is 0. The number of amides is 1. The van der Waals surface area contributed by atoms with Crippen LogP contribution >= 0.6 is 0 Å². The van der Waals surface area contributed by atoms with Gasteiger partial charge in [0.05, 0.1) is 6.61 Å². The number of hydrogen-bond acceptors (Lipinski definition) is 5. The van der Waals surface area contributed by atoms with Crippen molar-refractivity contribution in [2.45, 2.75) is 25.7 Å². The number of aliphatic hydroxyl groups excluding tert-OH is 1. The molecule has 2 rings (SSSR count). The third-order valence-electron chi connectivity index (χ3n) is 5.42. The molecule has 0 saturated carbocycles. The largest absolute Gasteiger partial charge is 0.396 e. The maximum atomic E-state index is 12.6. The van der Waals surface area contributed by atoms with Gasteiger partial charge in [-0.2, -0.15) is 0 Å². The number of piperidine rings is 1. The van der Waals surface area contributed by atoms with E-state index in [9.17, 15) is 9.90 Å². The molecule has 1 N–H and O–H groups in total. The summed E-state index contributed by atoms with van der Waals surface area (Å²) >= 11 is 0. The summed E-state index contributed by atoms with van der Waals surface area (Å²) in [5.41, 5.74) is -0.169. The van der Waals surface area contributed by atoms with E-state index in [1.165, 1.54) is 0 Å². The molecule has 0 unspecified atom stereocenters. The van der Waals surface area contributed by atoms with Crippen molar-refractivity contribution in [1.29, 1.82) is 0 Å². The van der Waals surface area contributed by atoms with Crippen LogP contribution in [0.3, 0.4) is 0 Å². The first-order chi connectivity index (χ1) is 11.1. The molecule has 0 spiro atoms.